The first-order chi connectivity index (χ1) is 8.08. The Labute approximate surface area is 99.8 Å². The number of carboxylic acids is 1. The zero-order valence-electron chi connectivity index (χ0n) is 10.1. The third kappa shape index (κ3) is 1.61. The maximum atomic E-state index is 11.4. The molecule has 1 aliphatic heterocycles. The fraction of sp³-hybridized carbons (Fsp3) is 0.667. The second-order valence-electron chi connectivity index (χ2n) is 5.19. The molecular weight excluding hydrogens is 218 g/mol. The number of hydrogen-bond acceptors (Lipinski definition) is 3. The number of carboxylic acid groups (broad SMARTS) is 1. The average Bonchev–Trinajstić information content (AvgIpc) is 3.07. The molecule has 0 bridgehead atoms. The first-order valence-electron chi connectivity index (χ1n) is 6.10. The predicted molar refractivity (Wildman–Crippen MR) is 63.1 cm³/mol. The van der Waals surface area contributed by atoms with Crippen molar-refractivity contribution >= 4 is 11.8 Å². The number of hydrogen-bond donors (Lipinski definition) is 2. The molecule has 0 spiro atoms. The molecule has 0 radical (unpaired) electrons. The van der Waals surface area contributed by atoms with Crippen molar-refractivity contribution in [3.8, 4) is 0 Å². The van der Waals surface area contributed by atoms with Crippen molar-refractivity contribution in [1.82, 2.24) is 9.78 Å². The minimum absolute atomic E-state index is 0.304. The molecule has 0 unspecified atom stereocenters. The molecule has 2 heterocycles. The Kier molecular flexibility index (Phi) is 2.18. The van der Waals surface area contributed by atoms with Gasteiger partial charge in [-0.25, -0.2) is 0 Å². The maximum absolute atomic E-state index is 11.4. The first-order valence-corrected chi connectivity index (χ1v) is 6.10. The number of rotatable bonds is 2. The van der Waals surface area contributed by atoms with Crippen molar-refractivity contribution in [2.75, 3.05) is 5.32 Å². The van der Waals surface area contributed by atoms with Crippen LogP contribution in [0.1, 0.15) is 36.4 Å². The minimum atomic E-state index is -0.727. The molecule has 5 heteroatoms. The molecule has 1 aliphatic carbocycles. The molecule has 17 heavy (non-hydrogen) atoms. The van der Waals surface area contributed by atoms with E-state index in [0.717, 1.165) is 17.1 Å². The highest BCUT2D eigenvalue weighted by atomic mass is 16.4. The van der Waals surface area contributed by atoms with Gasteiger partial charge in [-0.1, -0.05) is 0 Å². The summed E-state index contributed by atoms with van der Waals surface area (Å²) in [4.78, 5) is 11.4. The van der Waals surface area contributed by atoms with E-state index in [4.69, 9.17) is 0 Å². The zero-order chi connectivity index (χ0) is 12.2. The van der Waals surface area contributed by atoms with Gasteiger partial charge < -0.3 is 10.4 Å². The van der Waals surface area contributed by atoms with Gasteiger partial charge in [0.15, 0.2) is 0 Å². The molecule has 3 rings (SSSR count). The summed E-state index contributed by atoms with van der Waals surface area (Å²) in [6.07, 6.45) is 3.13. The third-order valence-electron chi connectivity index (χ3n) is 3.92. The Balaban J connectivity index is 2.03. The monoisotopic (exact) mass is 235 g/mol. The molecule has 2 atom stereocenters. The van der Waals surface area contributed by atoms with Crippen molar-refractivity contribution < 1.29 is 9.90 Å². The van der Waals surface area contributed by atoms with Gasteiger partial charge in [0.05, 0.1) is 11.6 Å². The van der Waals surface area contributed by atoms with Crippen LogP contribution in [0.4, 0.5) is 5.82 Å². The maximum Gasteiger partial charge on any atom is 0.311 e. The van der Waals surface area contributed by atoms with E-state index in [9.17, 15) is 9.90 Å². The van der Waals surface area contributed by atoms with Crippen LogP contribution in [0.15, 0.2) is 0 Å². The van der Waals surface area contributed by atoms with Crippen LogP contribution in [0.5, 0.6) is 0 Å². The van der Waals surface area contributed by atoms with Gasteiger partial charge in [0.25, 0.3) is 0 Å². The van der Waals surface area contributed by atoms with E-state index in [1.165, 1.54) is 12.8 Å². The summed E-state index contributed by atoms with van der Waals surface area (Å²) in [5, 5.41) is 17.2. The molecular formula is C12H17N3O2. The van der Waals surface area contributed by atoms with Gasteiger partial charge in [0.2, 0.25) is 0 Å². The molecule has 2 aliphatic rings. The zero-order valence-corrected chi connectivity index (χ0v) is 10.1. The van der Waals surface area contributed by atoms with Crippen molar-refractivity contribution in [2.45, 2.75) is 38.1 Å². The van der Waals surface area contributed by atoms with Crippen molar-refractivity contribution in [2.24, 2.45) is 13.0 Å². The number of carbonyl (C=O) groups is 1. The summed E-state index contributed by atoms with van der Waals surface area (Å²) in [6, 6.07) is 0.304. The van der Waals surface area contributed by atoms with Crippen LogP contribution in [0.25, 0.3) is 0 Å². The molecule has 1 aromatic heterocycles. The van der Waals surface area contributed by atoms with Gasteiger partial charge in [0, 0.05) is 18.7 Å². The summed E-state index contributed by atoms with van der Waals surface area (Å²) in [6.45, 7) is 1.88. The summed E-state index contributed by atoms with van der Waals surface area (Å²) in [7, 11) is 1.87. The molecule has 1 saturated carbocycles. The van der Waals surface area contributed by atoms with E-state index in [0.29, 0.717) is 18.4 Å². The number of nitrogens with one attached hydrogen (secondary N) is 1. The largest absolute Gasteiger partial charge is 0.481 e. The number of aryl methyl sites for hydroxylation is 2. The van der Waals surface area contributed by atoms with E-state index in [1.807, 2.05) is 14.0 Å². The van der Waals surface area contributed by atoms with Gasteiger partial charge in [-0.2, -0.15) is 5.10 Å². The second-order valence-corrected chi connectivity index (χ2v) is 5.19. The standard InChI is InChI=1S/C12H17N3O2/c1-6-10-8(12(16)17)5-9(7-3-4-7)13-11(10)15(2)14-6/h7-9,13H,3-5H2,1-2H3,(H,16,17)/t8-,9-/m0/s1. The topological polar surface area (TPSA) is 67.2 Å². The molecule has 1 fully saturated rings. The molecule has 1 aromatic rings. The lowest BCUT2D eigenvalue weighted by atomic mass is 9.86. The molecule has 2 N–H and O–H groups in total. The average molecular weight is 235 g/mol. The fourth-order valence-corrected chi connectivity index (χ4v) is 2.90. The second kappa shape index (κ2) is 3.48. The Morgan fingerprint density at radius 3 is 2.82 bits per heavy atom. The number of aliphatic carboxylic acids is 1. The van der Waals surface area contributed by atoms with E-state index in [-0.39, 0.29) is 0 Å². The van der Waals surface area contributed by atoms with Gasteiger partial charge in [-0.05, 0) is 32.1 Å². The Morgan fingerprint density at radius 2 is 2.24 bits per heavy atom. The van der Waals surface area contributed by atoms with Crippen molar-refractivity contribution in [1.29, 1.82) is 0 Å². The van der Waals surface area contributed by atoms with Crippen LogP contribution < -0.4 is 5.32 Å². The quantitative estimate of drug-likeness (QED) is 0.815. The van der Waals surface area contributed by atoms with Crippen LogP contribution >= 0.6 is 0 Å². The van der Waals surface area contributed by atoms with E-state index < -0.39 is 11.9 Å². The minimum Gasteiger partial charge on any atom is -0.481 e. The first kappa shape index (κ1) is 10.6. The van der Waals surface area contributed by atoms with Crippen LogP contribution in [0.3, 0.4) is 0 Å². The number of anilines is 1. The van der Waals surface area contributed by atoms with Crippen LogP contribution in [-0.2, 0) is 11.8 Å². The molecule has 5 nitrogen and oxygen atoms in total. The fourth-order valence-electron chi connectivity index (χ4n) is 2.90. The third-order valence-corrected chi connectivity index (χ3v) is 3.92. The van der Waals surface area contributed by atoms with Crippen LogP contribution in [-0.4, -0.2) is 26.9 Å². The van der Waals surface area contributed by atoms with Crippen molar-refractivity contribution in [3.05, 3.63) is 11.3 Å². The van der Waals surface area contributed by atoms with Crippen molar-refractivity contribution in [3.63, 3.8) is 0 Å². The number of nitrogens with zero attached hydrogens (tertiary/aromatic N) is 2. The Morgan fingerprint density at radius 1 is 1.53 bits per heavy atom. The highest BCUT2D eigenvalue weighted by Crippen LogP contribution is 2.44. The highest BCUT2D eigenvalue weighted by molar-refractivity contribution is 5.80. The summed E-state index contributed by atoms with van der Waals surface area (Å²) < 4.78 is 1.77. The van der Waals surface area contributed by atoms with Gasteiger partial charge in [-0.15, -0.1) is 0 Å². The molecule has 0 aromatic carbocycles. The van der Waals surface area contributed by atoms with E-state index >= 15 is 0 Å². The van der Waals surface area contributed by atoms with Gasteiger partial charge in [-0.3, -0.25) is 9.48 Å². The van der Waals surface area contributed by atoms with Gasteiger partial charge >= 0.3 is 5.97 Å². The highest BCUT2D eigenvalue weighted by Gasteiger charge is 2.41. The SMILES string of the molecule is Cc1nn(C)c2c1[C@@H](C(=O)O)C[C@@H](C1CC1)N2. The smallest absolute Gasteiger partial charge is 0.311 e. The lowest BCUT2D eigenvalue weighted by Crippen LogP contribution is -2.33. The molecule has 0 saturated heterocycles. The number of aromatic nitrogens is 2. The lowest BCUT2D eigenvalue weighted by Gasteiger charge is -2.29. The normalized spacial score (nSPS) is 27.4. The van der Waals surface area contributed by atoms with Gasteiger partial charge in [0.1, 0.15) is 5.82 Å². The summed E-state index contributed by atoms with van der Waals surface area (Å²) in [5.74, 6) is 0.429. The Hall–Kier alpha value is -1.52. The lowest BCUT2D eigenvalue weighted by molar-refractivity contribution is -0.139. The Bertz CT molecular complexity index is 476. The summed E-state index contributed by atoms with van der Waals surface area (Å²) >= 11 is 0. The van der Waals surface area contributed by atoms with Crippen LogP contribution in [0, 0.1) is 12.8 Å². The predicted octanol–water partition coefficient (Wildman–Crippen LogP) is 1.49. The van der Waals surface area contributed by atoms with E-state index in [2.05, 4.69) is 10.4 Å². The summed E-state index contributed by atoms with van der Waals surface area (Å²) in [5.41, 5.74) is 1.70. The molecule has 92 valence electrons. The molecule has 0 amide bonds. The number of fused-ring (bicyclic) bond motifs is 1. The van der Waals surface area contributed by atoms with E-state index in [1.54, 1.807) is 4.68 Å². The van der Waals surface area contributed by atoms with Crippen LogP contribution in [0.2, 0.25) is 0 Å².